The molecule has 0 unspecified atom stereocenters. The van der Waals surface area contributed by atoms with Crippen molar-refractivity contribution in [2.24, 2.45) is 7.05 Å². The van der Waals surface area contributed by atoms with Crippen LogP contribution < -0.4 is 10.4 Å². The molecule has 0 saturated heterocycles. The lowest BCUT2D eigenvalue weighted by Gasteiger charge is -2.11. The van der Waals surface area contributed by atoms with Gasteiger partial charge in [-0.05, 0) is 52.6 Å². The molecule has 1 aliphatic rings. The van der Waals surface area contributed by atoms with Gasteiger partial charge in [0, 0.05) is 18.7 Å². The molecule has 0 saturated carbocycles. The van der Waals surface area contributed by atoms with Crippen molar-refractivity contribution in [3.63, 3.8) is 0 Å². The molecule has 0 amide bonds. The Morgan fingerprint density at radius 1 is 1.07 bits per heavy atom. The monoisotopic (exact) mass is 372 g/mol. The highest BCUT2D eigenvalue weighted by Gasteiger charge is 2.19. The average molecular weight is 372 g/mol. The molecule has 4 nitrogen and oxygen atoms in total. The van der Waals surface area contributed by atoms with E-state index in [0.29, 0.717) is 12.4 Å². The molecule has 5 heteroatoms. The number of nitrogens with one attached hydrogen (secondary N) is 1. The Balaban J connectivity index is 1.75. The maximum Gasteiger partial charge on any atom is 0.326 e. The molecular formula is C23H17FN2O2. The molecule has 1 aliphatic heterocycles. The van der Waals surface area contributed by atoms with E-state index in [1.54, 1.807) is 17.7 Å². The van der Waals surface area contributed by atoms with Crippen LogP contribution in [0.2, 0.25) is 0 Å². The summed E-state index contributed by atoms with van der Waals surface area (Å²) in [6.07, 6.45) is 2.05. The lowest BCUT2D eigenvalue weighted by atomic mass is 9.92. The summed E-state index contributed by atoms with van der Waals surface area (Å²) in [6.45, 7) is 0.384. The Bertz CT molecular complexity index is 1310. The number of H-pyrrole nitrogens is 1. The van der Waals surface area contributed by atoms with Crippen LogP contribution in [0.1, 0.15) is 22.3 Å². The smallest absolute Gasteiger partial charge is 0.326 e. The van der Waals surface area contributed by atoms with Crippen LogP contribution in [0.15, 0.2) is 65.5 Å². The Kier molecular flexibility index (Phi) is 3.69. The number of aromatic amines is 1. The van der Waals surface area contributed by atoms with Gasteiger partial charge in [-0.1, -0.05) is 30.3 Å². The van der Waals surface area contributed by atoms with Gasteiger partial charge in [-0.25, -0.2) is 9.18 Å². The molecule has 0 atom stereocenters. The summed E-state index contributed by atoms with van der Waals surface area (Å²) in [5.74, 6) is 0.198. The Morgan fingerprint density at radius 3 is 2.82 bits per heavy atom. The lowest BCUT2D eigenvalue weighted by Crippen LogP contribution is -2.11. The third-order valence-electron chi connectivity index (χ3n) is 5.16. The zero-order valence-electron chi connectivity index (χ0n) is 15.2. The third kappa shape index (κ3) is 2.63. The molecule has 5 rings (SSSR count). The second kappa shape index (κ2) is 6.23. The van der Waals surface area contributed by atoms with Gasteiger partial charge in [-0.2, -0.15) is 0 Å². The number of ether oxygens (including phenoxy) is 1. The van der Waals surface area contributed by atoms with Crippen LogP contribution in [0, 0.1) is 5.82 Å². The van der Waals surface area contributed by atoms with Gasteiger partial charge in [0.15, 0.2) is 0 Å². The van der Waals surface area contributed by atoms with Crippen molar-refractivity contribution in [3.05, 3.63) is 99.2 Å². The third-order valence-corrected chi connectivity index (χ3v) is 5.16. The number of hydrogen-bond donors (Lipinski definition) is 1. The highest BCUT2D eigenvalue weighted by Crippen LogP contribution is 2.38. The van der Waals surface area contributed by atoms with Gasteiger partial charge < -0.3 is 9.72 Å². The normalized spacial score (nSPS) is 14.4. The van der Waals surface area contributed by atoms with Crippen LogP contribution in [0.3, 0.4) is 0 Å². The standard InChI is InChI=1S/C23H17FN2O2/c1-26-21-9-6-14(11-20(21)25-23(26)27)10-19-17-5-3-2-4-15(17)13-28-22-12-16(24)7-8-18(19)22/h2-12H,13H2,1H3,(H,25,27). The average Bonchev–Trinajstić information content (AvgIpc) is 2.89. The zero-order chi connectivity index (χ0) is 19.3. The first-order valence-electron chi connectivity index (χ1n) is 9.01. The lowest BCUT2D eigenvalue weighted by molar-refractivity contribution is 0.305. The quantitative estimate of drug-likeness (QED) is 0.535. The molecule has 0 fully saturated rings. The minimum absolute atomic E-state index is 0.145. The maximum absolute atomic E-state index is 13.8. The number of aromatic nitrogens is 2. The van der Waals surface area contributed by atoms with Crippen LogP contribution in [-0.4, -0.2) is 9.55 Å². The predicted molar refractivity (Wildman–Crippen MR) is 108 cm³/mol. The fourth-order valence-corrected chi connectivity index (χ4v) is 3.71. The first kappa shape index (κ1) is 16.6. The van der Waals surface area contributed by atoms with Gasteiger partial charge in [-0.15, -0.1) is 0 Å². The number of fused-ring (bicyclic) bond motifs is 3. The molecule has 3 aromatic carbocycles. The summed E-state index contributed by atoms with van der Waals surface area (Å²) in [4.78, 5) is 14.8. The SMILES string of the molecule is Cn1c(=O)[nH]c2cc(C=C3c4ccccc4COc4cc(F)ccc43)ccc21. The number of imidazole rings is 1. The zero-order valence-corrected chi connectivity index (χ0v) is 15.2. The van der Waals surface area contributed by atoms with Crippen LogP contribution in [0.25, 0.3) is 22.7 Å². The van der Waals surface area contributed by atoms with Crippen molar-refractivity contribution in [1.29, 1.82) is 0 Å². The van der Waals surface area contributed by atoms with E-state index in [9.17, 15) is 9.18 Å². The Hall–Kier alpha value is -3.60. The van der Waals surface area contributed by atoms with Gasteiger partial charge >= 0.3 is 5.69 Å². The molecule has 0 bridgehead atoms. The minimum atomic E-state index is -0.327. The van der Waals surface area contributed by atoms with Crippen molar-refractivity contribution in [2.45, 2.75) is 6.61 Å². The summed E-state index contributed by atoms with van der Waals surface area (Å²) >= 11 is 0. The van der Waals surface area contributed by atoms with E-state index < -0.39 is 0 Å². The number of aryl methyl sites for hydroxylation is 1. The molecule has 28 heavy (non-hydrogen) atoms. The van der Waals surface area contributed by atoms with Crippen LogP contribution in [0.4, 0.5) is 4.39 Å². The van der Waals surface area contributed by atoms with Crippen LogP contribution >= 0.6 is 0 Å². The Labute approximate surface area is 160 Å². The highest BCUT2D eigenvalue weighted by atomic mass is 19.1. The molecule has 0 aliphatic carbocycles. The second-order valence-electron chi connectivity index (χ2n) is 6.91. The van der Waals surface area contributed by atoms with Crippen molar-refractivity contribution in [3.8, 4) is 5.75 Å². The summed E-state index contributed by atoms with van der Waals surface area (Å²) < 4.78 is 21.3. The topological polar surface area (TPSA) is 47.0 Å². The molecule has 2 heterocycles. The van der Waals surface area contributed by atoms with E-state index in [1.807, 2.05) is 42.5 Å². The van der Waals surface area contributed by atoms with E-state index in [0.717, 1.165) is 38.9 Å². The molecule has 1 N–H and O–H groups in total. The van der Waals surface area contributed by atoms with Gasteiger partial charge in [0.05, 0.1) is 11.0 Å². The largest absolute Gasteiger partial charge is 0.488 e. The molecular weight excluding hydrogens is 355 g/mol. The molecule has 138 valence electrons. The van der Waals surface area contributed by atoms with Gasteiger partial charge in [0.25, 0.3) is 0 Å². The fraction of sp³-hybridized carbons (Fsp3) is 0.0870. The number of nitrogens with zero attached hydrogens (tertiary/aromatic N) is 1. The minimum Gasteiger partial charge on any atom is -0.488 e. The summed E-state index contributed by atoms with van der Waals surface area (Å²) in [5.41, 5.74) is 6.31. The maximum atomic E-state index is 13.8. The molecule has 4 aromatic rings. The van der Waals surface area contributed by atoms with E-state index in [2.05, 4.69) is 11.1 Å². The van der Waals surface area contributed by atoms with Crippen LogP contribution in [-0.2, 0) is 13.7 Å². The molecule has 0 radical (unpaired) electrons. The van der Waals surface area contributed by atoms with Gasteiger partial charge in [0.1, 0.15) is 18.2 Å². The number of halogens is 1. The number of hydrogen-bond acceptors (Lipinski definition) is 2. The summed E-state index contributed by atoms with van der Waals surface area (Å²) in [5, 5.41) is 0. The highest BCUT2D eigenvalue weighted by molar-refractivity contribution is 5.95. The number of benzene rings is 3. The van der Waals surface area contributed by atoms with Gasteiger partial charge in [0.2, 0.25) is 0 Å². The first-order chi connectivity index (χ1) is 13.6. The summed E-state index contributed by atoms with van der Waals surface area (Å²) in [7, 11) is 1.74. The summed E-state index contributed by atoms with van der Waals surface area (Å²) in [6, 6.07) is 18.5. The fourth-order valence-electron chi connectivity index (χ4n) is 3.71. The second-order valence-corrected chi connectivity index (χ2v) is 6.91. The first-order valence-corrected chi connectivity index (χ1v) is 9.01. The van der Waals surface area contributed by atoms with Crippen LogP contribution in [0.5, 0.6) is 5.75 Å². The Morgan fingerprint density at radius 2 is 1.93 bits per heavy atom. The van der Waals surface area contributed by atoms with E-state index in [4.69, 9.17) is 4.74 Å². The van der Waals surface area contributed by atoms with Crippen molar-refractivity contribution >= 4 is 22.7 Å². The van der Waals surface area contributed by atoms with E-state index >= 15 is 0 Å². The molecule has 1 aromatic heterocycles. The van der Waals surface area contributed by atoms with Gasteiger partial charge in [-0.3, -0.25) is 4.57 Å². The number of rotatable bonds is 1. The predicted octanol–water partition coefficient (Wildman–Crippen LogP) is 4.49. The van der Waals surface area contributed by atoms with Crippen molar-refractivity contribution < 1.29 is 9.13 Å². The van der Waals surface area contributed by atoms with E-state index in [1.165, 1.54) is 12.1 Å². The van der Waals surface area contributed by atoms with Crippen molar-refractivity contribution in [2.75, 3.05) is 0 Å². The van der Waals surface area contributed by atoms with E-state index in [-0.39, 0.29) is 11.5 Å². The molecule has 0 spiro atoms. The van der Waals surface area contributed by atoms with Crippen molar-refractivity contribution in [1.82, 2.24) is 9.55 Å².